The van der Waals surface area contributed by atoms with Crippen molar-refractivity contribution in [2.24, 2.45) is 0 Å². The lowest BCUT2D eigenvalue weighted by Gasteiger charge is -2.34. The molecule has 2 amide bonds. The van der Waals surface area contributed by atoms with Crippen LogP contribution in [0.4, 0.5) is 10.5 Å². The van der Waals surface area contributed by atoms with E-state index in [1.165, 1.54) is 0 Å². The number of carbonyl (C=O) groups excluding carboxylic acids is 1. The van der Waals surface area contributed by atoms with Crippen molar-refractivity contribution in [3.05, 3.63) is 54.4 Å². The molecule has 6 heteroatoms. The number of hydrogen-bond donors (Lipinski definition) is 1. The highest BCUT2D eigenvalue weighted by atomic mass is 16.5. The van der Waals surface area contributed by atoms with E-state index in [0.717, 1.165) is 43.2 Å². The summed E-state index contributed by atoms with van der Waals surface area (Å²) >= 11 is 0. The van der Waals surface area contributed by atoms with Crippen LogP contribution in [-0.2, 0) is 6.54 Å². The van der Waals surface area contributed by atoms with E-state index in [0.29, 0.717) is 19.7 Å². The Balaban J connectivity index is 1.51. The van der Waals surface area contributed by atoms with E-state index in [1.807, 2.05) is 53.6 Å². The number of pyridine rings is 1. The van der Waals surface area contributed by atoms with E-state index >= 15 is 0 Å². The lowest BCUT2D eigenvalue weighted by Crippen LogP contribution is -2.49. The molecule has 0 unspecified atom stereocenters. The highest BCUT2D eigenvalue weighted by Gasteiger charge is 2.22. The topological polar surface area (TPSA) is 57.7 Å². The number of para-hydroxylation sites is 2. The number of urea groups is 1. The maximum absolute atomic E-state index is 12.6. The Bertz CT molecular complexity index is 700. The van der Waals surface area contributed by atoms with Crippen LogP contribution in [0.2, 0.25) is 0 Å². The summed E-state index contributed by atoms with van der Waals surface area (Å²) in [7, 11) is 0. The number of piperazine rings is 1. The Morgan fingerprint density at radius 2 is 1.88 bits per heavy atom. The molecule has 138 valence electrons. The quantitative estimate of drug-likeness (QED) is 0.865. The van der Waals surface area contributed by atoms with Gasteiger partial charge in [0.25, 0.3) is 0 Å². The Hall–Kier alpha value is -2.60. The molecule has 3 rings (SSSR count). The van der Waals surface area contributed by atoms with Gasteiger partial charge in [-0.2, -0.15) is 0 Å². The molecule has 0 aliphatic carbocycles. The second kappa shape index (κ2) is 9.20. The molecular formula is C20H26N4O2. The third-order valence-electron chi connectivity index (χ3n) is 4.36. The predicted molar refractivity (Wildman–Crippen MR) is 102 cm³/mol. The molecule has 26 heavy (non-hydrogen) atoms. The van der Waals surface area contributed by atoms with Gasteiger partial charge in [0.15, 0.2) is 0 Å². The number of aromatic nitrogens is 1. The Labute approximate surface area is 154 Å². The molecule has 0 atom stereocenters. The van der Waals surface area contributed by atoms with Gasteiger partial charge in [0, 0.05) is 38.9 Å². The van der Waals surface area contributed by atoms with Gasteiger partial charge in [-0.25, -0.2) is 4.79 Å². The summed E-state index contributed by atoms with van der Waals surface area (Å²) in [5.41, 5.74) is 1.79. The van der Waals surface area contributed by atoms with Gasteiger partial charge in [-0.3, -0.25) is 9.88 Å². The number of amides is 2. The molecule has 6 nitrogen and oxygen atoms in total. The highest BCUT2D eigenvalue weighted by molar-refractivity contribution is 5.91. The second-order valence-electron chi connectivity index (χ2n) is 6.36. The summed E-state index contributed by atoms with van der Waals surface area (Å²) in [6.07, 6.45) is 2.75. The molecule has 1 aliphatic rings. The minimum absolute atomic E-state index is 0.0740. The van der Waals surface area contributed by atoms with E-state index in [4.69, 9.17) is 4.74 Å². The summed E-state index contributed by atoms with van der Waals surface area (Å²) < 4.78 is 5.71. The molecule has 2 aromatic rings. The van der Waals surface area contributed by atoms with Crippen molar-refractivity contribution in [3.63, 3.8) is 0 Å². The molecular weight excluding hydrogens is 328 g/mol. The predicted octanol–water partition coefficient (Wildman–Crippen LogP) is 3.22. The van der Waals surface area contributed by atoms with Gasteiger partial charge in [0.2, 0.25) is 0 Å². The van der Waals surface area contributed by atoms with Crippen molar-refractivity contribution in [1.29, 1.82) is 0 Å². The van der Waals surface area contributed by atoms with Crippen LogP contribution in [0.3, 0.4) is 0 Å². The van der Waals surface area contributed by atoms with Crippen molar-refractivity contribution in [3.8, 4) is 5.75 Å². The van der Waals surface area contributed by atoms with Crippen LogP contribution in [-0.4, -0.2) is 53.6 Å². The first-order chi connectivity index (χ1) is 12.8. The van der Waals surface area contributed by atoms with Crippen LogP contribution in [0, 0.1) is 0 Å². The Morgan fingerprint density at radius 1 is 1.12 bits per heavy atom. The SMILES string of the molecule is CCCOc1ccccc1NC(=O)N1CCN(Cc2ccccn2)CC1. The molecule has 0 spiro atoms. The Morgan fingerprint density at radius 3 is 2.62 bits per heavy atom. The number of carbonyl (C=O) groups is 1. The fraction of sp³-hybridized carbons (Fsp3) is 0.400. The van der Waals surface area contributed by atoms with Crippen LogP contribution in [0.15, 0.2) is 48.7 Å². The number of nitrogens with zero attached hydrogens (tertiary/aromatic N) is 3. The van der Waals surface area contributed by atoms with Gasteiger partial charge in [-0.05, 0) is 30.7 Å². The monoisotopic (exact) mass is 354 g/mol. The lowest BCUT2D eigenvalue weighted by atomic mass is 10.2. The zero-order valence-corrected chi connectivity index (χ0v) is 15.2. The molecule has 0 saturated carbocycles. The largest absolute Gasteiger partial charge is 0.491 e. The molecule has 1 aromatic heterocycles. The first-order valence-corrected chi connectivity index (χ1v) is 9.16. The average molecular weight is 354 g/mol. The second-order valence-corrected chi connectivity index (χ2v) is 6.36. The summed E-state index contributed by atoms with van der Waals surface area (Å²) in [5.74, 6) is 0.719. The number of ether oxygens (including phenoxy) is 1. The summed E-state index contributed by atoms with van der Waals surface area (Å²) in [4.78, 5) is 21.1. The number of nitrogens with one attached hydrogen (secondary N) is 1. The molecule has 0 radical (unpaired) electrons. The molecule has 1 saturated heterocycles. The van der Waals surface area contributed by atoms with Crippen LogP contribution in [0.25, 0.3) is 0 Å². The fourth-order valence-electron chi connectivity index (χ4n) is 2.93. The maximum atomic E-state index is 12.6. The van der Waals surface area contributed by atoms with Crippen LogP contribution in [0.1, 0.15) is 19.0 Å². The minimum atomic E-state index is -0.0740. The first-order valence-electron chi connectivity index (χ1n) is 9.16. The molecule has 1 fully saturated rings. The average Bonchev–Trinajstić information content (AvgIpc) is 2.68. The van der Waals surface area contributed by atoms with E-state index < -0.39 is 0 Å². The number of hydrogen-bond acceptors (Lipinski definition) is 4. The van der Waals surface area contributed by atoms with Gasteiger partial charge in [0.05, 0.1) is 18.0 Å². The summed E-state index contributed by atoms with van der Waals surface area (Å²) in [6.45, 7) is 6.62. The van der Waals surface area contributed by atoms with Crippen LogP contribution in [0.5, 0.6) is 5.75 Å². The fourth-order valence-corrected chi connectivity index (χ4v) is 2.93. The van der Waals surface area contributed by atoms with Gasteiger partial charge in [-0.1, -0.05) is 25.1 Å². The molecule has 1 aromatic carbocycles. The lowest BCUT2D eigenvalue weighted by molar-refractivity contribution is 0.142. The van der Waals surface area contributed by atoms with E-state index in [-0.39, 0.29) is 6.03 Å². The van der Waals surface area contributed by atoms with E-state index in [2.05, 4.69) is 22.1 Å². The smallest absolute Gasteiger partial charge is 0.322 e. The van der Waals surface area contributed by atoms with Crippen molar-refractivity contribution in [2.75, 3.05) is 38.1 Å². The normalized spacial score (nSPS) is 14.9. The van der Waals surface area contributed by atoms with E-state index in [9.17, 15) is 4.79 Å². The molecule has 2 heterocycles. The third-order valence-corrected chi connectivity index (χ3v) is 4.36. The zero-order chi connectivity index (χ0) is 18.2. The van der Waals surface area contributed by atoms with Crippen molar-refractivity contribution >= 4 is 11.7 Å². The summed E-state index contributed by atoms with van der Waals surface area (Å²) in [6, 6.07) is 13.5. The number of anilines is 1. The van der Waals surface area contributed by atoms with Gasteiger partial charge >= 0.3 is 6.03 Å². The van der Waals surface area contributed by atoms with Gasteiger partial charge in [-0.15, -0.1) is 0 Å². The zero-order valence-electron chi connectivity index (χ0n) is 15.2. The first kappa shape index (κ1) is 18.2. The van der Waals surface area contributed by atoms with Crippen molar-refractivity contribution in [1.82, 2.24) is 14.8 Å². The maximum Gasteiger partial charge on any atom is 0.322 e. The standard InChI is InChI=1S/C20H26N4O2/c1-2-15-26-19-9-4-3-8-18(19)22-20(25)24-13-11-23(12-14-24)16-17-7-5-6-10-21-17/h3-10H,2,11-16H2,1H3,(H,22,25). The van der Waals surface area contributed by atoms with Crippen LogP contribution >= 0.6 is 0 Å². The highest BCUT2D eigenvalue weighted by Crippen LogP contribution is 2.24. The number of rotatable bonds is 6. The molecule has 1 aliphatic heterocycles. The van der Waals surface area contributed by atoms with Gasteiger partial charge in [0.1, 0.15) is 5.75 Å². The van der Waals surface area contributed by atoms with Gasteiger partial charge < -0.3 is 15.0 Å². The summed E-state index contributed by atoms with van der Waals surface area (Å²) in [5, 5.41) is 2.98. The van der Waals surface area contributed by atoms with E-state index in [1.54, 1.807) is 0 Å². The third kappa shape index (κ3) is 4.95. The minimum Gasteiger partial charge on any atom is -0.491 e. The van der Waals surface area contributed by atoms with Crippen molar-refractivity contribution < 1.29 is 9.53 Å². The Kier molecular flexibility index (Phi) is 6.44. The number of benzene rings is 1. The van der Waals surface area contributed by atoms with Crippen molar-refractivity contribution in [2.45, 2.75) is 19.9 Å². The van der Waals surface area contributed by atoms with Crippen LogP contribution < -0.4 is 10.1 Å². The molecule has 0 bridgehead atoms. The molecule has 1 N–H and O–H groups in total.